The predicted molar refractivity (Wildman–Crippen MR) is 101 cm³/mol. The van der Waals surface area contributed by atoms with Crippen LogP contribution in [0.15, 0.2) is 42.5 Å². The first-order chi connectivity index (χ1) is 12.3. The number of nitrogens with one attached hydrogen (secondary N) is 1. The molecule has 1 unspecified atom stereocenters. The van der Waals surface area contributed by atoms with Crippen LogP contribution < -0.4 is 10.1 Å². The third kappa shape index (κ3) is 4.93. The second-order valence-electron chi connectivity index (χ2n) is 5.85. The Labute approximate surface area is 156 Å². The van der Waals surface area contributed by atoms with Crippen molar-refractivity contribution in [3.63, 3.8) is 0 Å². The summed E-state index contributed by atoms with van der Waals surface area (Å²) < 4.78 is 5.16. The molecule has 8 heteroatoms. The zero-order valence-electron chi connectivity index (χ0n) is 14.7. The number of hydrogen-bond donors (Lipinski definition) is 1. The van der Waals surface area contributed by atoms with Gasteiger partial charge in [0, 0.05) is 23.7 Å². The van der Waals surface area contributed by atoms with Gasteiger partial charge in [0.1, 0.15) is 5.75 Å². The molecule has 0 aliphatic heterocycles. The van der Waals surface area contributed by atoms with Crippen molar-refractivity contribution in [2.45, 2.75) is 19.5 Å². The van der Waals surface area contributed by atoms with Gasteiger partial charge in [0.25, 0.3) is 5.69 Å². The summed E-state index contributed by atoms with van der Waals surface area (Å²) >= 11 is 5.98. The van der Waals surface area contributed by atoms with E-state index in [1.165, 1.54) is 25.3 Å². The van der Waals surface area contributed by atoms with Gasteiger partial charge in [0.15, 0.2) is 0 Å². The van der Waals surface area contributed by atoms with Gasteiger partial charge in [-0.15, -0.1) is 0 Å². The quantitative estimate of drug-likeness (QED) is 0.587. The van der Waals surface area contributed by atoms with Crippen molar-refractivity contribution >= 4 is 28.9 Å². The molecule has 7 nitrogen and oxygen atoms in total. The van der Waals surface area contributed by atoms with E-state index in [2.05, 4.69) is 5.32 Å². The summed E-state index contributed by atoms with van der Waals surface area (Å²) in [5, 5.41) is 14.3. The van der Waals surface area contributed by atoms with Crippen LogP contribution in [-0.2, 0) is 11.3 Å². The SMILES string of the molecule is COc1ccc([N+](=O)[O-])cc1NC(=O)C(C)N(C)Cc1cccc(Cl)c1. The lowest BCUT2D eigenvalue weighted by Crippen LogP contribution is -2.39. The van der Waals surface area contributed by atoms with Crippen LogP contribution in [0.2, 0.25) is 5.02 Å². The van der Waals surface area contributed by atoms with Crippen LogP contribution in [0.3, 0.4) is 0 Å². The third-order valence-corrected chi connectivity index (χ3v) is 4.25. The topological polar surface area (TPSA) is 84.7 Å². The molecule has 0 saturated heterocycles. The molecular weight excluding hydrogens is 358 g/mol. The van der Waals surface area contributed by atoms with Crippen molar-refractivity contribution in [3.8, 4) is 5.75 Å². The number of methoxy groups -OCH3 is 1. The van der Waals surface area contributed by atoms with Crippen LogP contribution in [0.1, 0.15) is 12.5 Å². The largest absolute Gasteiger partial charge is 0.495 e. The number of hydrogen-bond acceptors (Lipinski definition) is 5. The molecule has 26 heavy (non-hydrogen) atoms. The average molecular weight is 378 g/mol. The van der Waals surface area contributed by atoms with Gasteiger partial charge < -0.3 is 10.1 Å². The standard InChI is InChI=1S/C18H20ClN3O4/c1-12(21(2)11-13-5-4-6-14(19)9-13)18(23)20-16-10-15(22(24)25)7-8-17(16)26-3/h4-10,12H,11H2,1-3H3,(H,20,23). The van der Waals surface area contributed by atoms with E-state index < -0.39 is 11.0 Å². The maximum Gasteiger partial charge on any atom is 0.271 e. The molecule has 0 heterocycles. The Morgan fingerprint density at radius 2 is 2.08 bits per heavy atom. The van der Waals surface area contributed by atoms with E-state index in [-0.39, 0.29) is 17.3 Å². The number of benzene rings is 2. The molecule has 0 fully saturated rings. The fourth-order valence-corrected chi connectivity index (χ4v) is 2.62. The number of carbonyl (C=O) groups excluding carboxylic acids is 1. The lowest BCUT2D eigenvalue weighted by atomic mass is 10.2. The number of carbonyl (C=O) groups is 1. The molecule has 1 N–H and O–H groups in total. The van der Waals surface area contributed by atoms with Gasteiger partial charge >= 0.3 is 0 Å². The molecule has 2 aromatic rings. The number of anilines is 1. The summed E-state index contributed by atoms with van der Waals surface area (Å²) in [5.74, 6) is 0.0574. The molecule has 0 aromatic heterocycles. The van der Waals surface area contributed by atoms with Gasteiger partial charge in [-0.05, 0) is 37.7 Å². The number of nitro groups is 1. The second kappa shape index (κ2) is 8.64. The Balaban J connectivity index is 2.10. The van der Waals surface area contributed by atoms with Crippen molar-refractivity contribution in [2.24, 2.45) is 0 Å². The van der Waals surface area contributed by atoms with Crippen molar-refractivity contribution < 1.29 is 14.5 Å². The number of halogens is 1. The number of non-ortho nitro benzene ring substituents is 1. The molecule has 0 aliphatic rings. The molecule has 138 valence electrons. The molecule has 2 rings (SSSR count). The van der Waals surface area contributed by atoms with E-state index in [1.54, 1.807) is 13.0 Å². The minimum absolute atomic E-state index is 0.124. The Kier molecular flexibility index (Phi) is 6.54. The molecule has 0 aliphatic carbocycles. The number of nitro benzene ring substituents is 1. The van der Waals surface area contributed by atoms with E-state index in [9.17, 15) is 14.9 Å². The number of likely N-dealkylation sites (N-methyl/N-ethyl adjacent to an activating group) is 1. The van der Waals surface area contributed by atoms with Crippen LogP contribution in [-0.4, -0.2) is 35.9 Å². The predicted octanol–water partition coefficient (Wildman–Crippen LogP) is 3.72. The molecule has 1 atom stereocenters. The highest BCUT2D eigenvalue weighted by Gasteiger charge is 2.21. The van der Waals surface area contributed by atoms with E-state index in [0.29, 0.717) is 17.3 Å². The van der Waals surface area contributed by atoms with Crippen LogP contribution in [0, 0.1) is 10.1 Å². The van der Waals surface area contributed by atoms with E-state index >= 15 is 0 Å². The summed E-state index contributed by atoms with van der Waals surface area (Å²) in [6, 6.07) is 11.0. The van der Waals surface area contributed by atoms with Gasteiger partial charge in [-0.25, -0.2) is 0 Å². The molecule has 0 spiro atoms. The average Bonchev–Trinajstić information content (AvgIpc) is 2.60. The van der Waals surface area contributed by atoms with Gasteiger partial charge in [-0.2, -0.15) is 0 Å². The van der Waals surface area contributed by atoms with Gasteiger partial charge in [-0.3, -0.25) is 19.8 Å². The summed E-state index contributed by atoms with van der Waals surface area (Å²) in [6.45, 7) is 2.28. The minimum Gasteiger partial charge on any atom is -0.495 e. The van der Waals surface area contributed by atoms with Crippen molar-refractivity contribution in [2.75, 3.05) is 19.5 Å². The summed E-state index contributed by atoms with van der Waals surface area (Å²) in [6.07, 6.45) is 0. The van der Waals surface area contributed by atoms with Crippen LogP contribution >= 0.6 is 11.6 Å². The first-order valence-electron chi connectivity index (χ1n) is 7.89. The summed E-state index contributed by atoms with van der Waals surface area (Å²) in [7, 11) is 3.25. The molecule has 2 aromatic carbocycles. The Hall–Kier alpha value is -2.64. The van der Waals surface area contributed by atoms with E-state index in [0.717, 1.165) is 5.56 Å². The number of amides is 1. The summed E-state index contributed by atoms with van der Waals surface area (Å²) in [4.78, 5) is 24.8. The monoisotopic (exact) mass is 377 g/mol. The number of ether oxygens (including phenoxy) is 1. The summed E-state index contributed by atoms with van der Waals surface area (Å²) in [5.41, 5.74) is 1.11. The normalized spacial score (nSPS) is 11.9. The smallest absolute Gasteiger partial charge is 0.271 e. The highest BCUT2D eigenvalue weighted by Crippen LogP contribution is 2.29. The highest BCUT2D eigenvalue weighted by atomic mass is 35.5. The molecule has 0 radical (unpaired) electrons. The van der Waals surface area contributed by atoms with E-state index in [1.807, 2.05) is 30.1 Å². The minimum atomic E-state index is -0.524. The number of rotatable bonds is 7. The second-order valence-corrected chi connectivity index (χ2v) is 6.29. The molecule has 1 amide bonds. The van der Waals surface area contributed by atoms with Gasteiger partial charge in [0.2, 0.25) is 5.91 Å². The molecular formula is C18H20ClN3O4. The van der Waals surface area contributed by atoms with Gasteiger partial charge in [0.05, 0.1) is 23.8 Å². The first kappa shape index (κ1) is 19.7. The highest BCUT2D eigenvalue weighted by molar-refractivity contribution is 6.30. The van der Waals surface area contributed by atoms with Crippen LogP contribution in [0.4, 0.5) is 11.4 Å². The van der Waals surface area contributed by atoms with Crippen molar-refractivity contribution in [1.29, 1.82) is 0 Å². The maximum atomic E-state index is 12.6. The Morgan fingerprint density at radius 1 is 1.35 bits per heavy atom. The maximum absolute atomic E-state index is 12.6. The fourth-order valence-electron chi connectivity index (χ4n) is 2.40. The van der Waals surface area contributed by atoms with Gasteiger partial charge in [-0.1, -0.05) is 23.7 Å². The van der Waals surface area contributed by atoms with Crippen molar-refractivity contribution in [3.05, 3.63) is 63.2 Å². The third-order valence-electron chi connectivity index (χ3n) is 4.01. The van der Waals surface area contributed by atoms with Crippen molar-refractivity contribution in [1.82, 2.24) is 4.90 Å². The lowest BCUT2D eigenvalue weighted by molar-refractivity contribution is -0.384. The Bertz CT molecular complexity index is 813. The number of nitrogens with zero attached hydrogens (tertiary/aromatic N) is 2. The van der Waals surface area contributed by atoms with Crippen LogP contribution in [0.25, 0.3) is 0 Å². The van der Waals surface area contributed by atoms with Crippen LogP contribution in [0.5, 0.6) is 5.75 Å². The van der Waals surface area contributed by atoms with E-state index in [4.69, 9.17) is 16.3 Å². The molecule has 0 saturated carbocycles. The first-order valence-corrected chi connectivity index (χ1v) is 8.27. The zero-order chi connectivity index (χ0) is 19.3. The Morgan fingerprint density at radius 3 is 2.69 bits per heavy atom. The fraction of sp³-hybridized carbons (Fsp3) is 0.278. The zero-order valence-corrected chi connectivity index (χ0v) is 15.5. The molecule has 0 bridgehead atoms. The lowest BCUT2D eigenvalue weighted by Gasteiger charge is -2.24.